The summed E-state index contributed by atoms with van der Waals surface area (Å²) in [4.78, 5) is 37.2. The van der Waals surface area contributed by atoms with E-state index in [0.717, 1.165) is 12.0 Å². The minimum Gasteiger partial charge on any atom is -0.497 e. The first-order valence-corrected chi connectivity index (χ1v) is 11.4. The minimum absolute atomic E-state index is 0.0741. The van der Waals surface area contributed by atoms with Crippen LogP contribution in [0.5, 0.6) is 5.75 Å². The lowest BCUT2D eigenvalue weighted by atomic mass is 10.00. The lowest BCUT2D eigenvalue weighted by Gasteiger charge is -2.31. The Bertz CT molecular complexity index is 1330. The molecular weight excluding hydrogens is 459 g/mol. The van der Waals surface area contributed by atoms with Crippen LogP contribution in [0, 0.1) is 5.82 Å². The third-order valence-electron chi connectivity index (χ3n) is 5.65. The highest BCUT2D eigenvalue weighted by atomic mass is 19.1. The van der Waals surface area contributed by atoms with Crippen molar-refractivity contribution in [3.8, 4) is 5.75 Å². The third-order valence-corrected chi connectivity index (χ3v) is 5.65. The van der Waals surface area contributed by atoms with Crippen molar-refractivity contribution in [3.05, 3.63) is 114 Å². The molecule has 1 heterocycles. The zero-order valence-corrected chi connectivity index (χ0v) is 19.9. The number of hydrogen-bond acceptors (Lipinski definition) is 5. The molecule has 1 atom stereocenters. The normalized spacial score (nSPS) is 11.4. The minimum atomic E-state index is -1.08. The van der Waals surface area contributed by atoms with Crippen LogP contribution < -0.4 is 15.0 Å². The van der Waals surface area contributed by atoms with E-state index in [0.29, 0.717) is 22.7 Å². The number of nitrogens with zero attached hydrogens (tertiary/aromatic N) is 3. The molecule has 182 valence electrons. The molecule has 0 fully saturated rings. The predicted octanol–water partition coefficient (Wildman–Crippen LogP) is 5.21. The summed E-state index contributed by atoms with van der Waals surface area (Å²) >= 11 is 0. The number of methoxy groups -OCH3 is 1. The number of benzene rings is 3. The number of anilines is 2. The van der Waals surface area contributed by atoms with Crippen LogP contribution in [0.3, 0.4) is 0 Å². The van der Waals surface area contributed by atoms with Gasteiger partial charge >= 0.3 is 0 Å². The topological polar surface area (TPSA) is 84.4 Å². The van der Waals surface area contributed by atoms with Gasteiger partial charge in [-0.25, -0.2) is 9.37 Å². The molecule has 0 aliphatic heterocycles. The molecule has 8 heteroatoms. The zero-order chi connectivity index (χ0) is 25.5. The highest BCUT2D eigenvalue weighted by molar-refractivity contribution is 6.11. The van der Waals surface area contributed by atoms with Crippen LogP contribution in [-0.2, 0) is 11.2 Å². The molecule has 0 saturated carbocycles. The number of ether oxygens (including phenoxy) is 1. The van der Waals surface area contributed by atoms with Gasteiger partial charge in [-0.2, -0.15) is 0 Å². The highest BCUT2D eigenvalue weighted by Gasteiger charge is 2.34. The van der Waals surface area contributed by atoms with E-state index < -0.39 is 23.7 Å². The van der Waals surface area contributed by atoms with Crippen LogP contribution >= 0.6 is 0 Å². The van der Waals surface area contributed by atoms with Gasteiger partial charge in [-0.15, -0.1) is 0 Å². The van der Waals surface area contributed by atoms with Crippen LogP contribution in [0.1, 0.15) is 34.6 Å². The lowest BCUT2D eigenvalue weighted by Crippen LogP contribution is -2.42. The van der Waals surface area contributed by atoms with Gasteiger partial charge in [-0.05, 0) is 53.9 Å². The van der Waals surface area contributed by atoms with Crippen molar-refractivity contribution in [1.29, 1.82) is 0 Å². The second-order valence-electron chi connectivity index (χ2n) is 7.96. The van der Waals surface area contributed by atoms with Crippen molar-refractivity contribution in [1.82, 2.24) is 9.97 Å². The van der Waals surface area contributed by atoms with Crippen LogP contribution in [0.4, 0.5) is 15.8 Å². The van der Waals surface area contributed by atoms with Gasteiger partial charge in [-0.1, -0.05) is 37.3 Å². The van der Waals surface area contributed by atoms with E-state index in [1.807, 2.05) is 31.2 Å². The molecule has 0 aliphatic rings. The molecule has 0 aliphatic carbocycles. The van der Waals surface area contributed by atoms with E-state index in [9.17, 15) is 14.0 Å². The molecule has 0 spiro atoms. The summed E-state index contributed by atoms with van der Waals surface area (Å²) in [5.41, 5.74) is 2.58. The molecule has 0 saturated heterocycles. The van der Waals surface area contributed by atoms with Gasteiger partial charge in [0, 0.05) is 29.8 Å². The van der Waals surface area contributed by atoms with Crippen molar-refractivity contribution in [2.24, 2.45) is 0 Å². The summed E-state index contributed by atoms with van der Waals surface area (Å²) in [6.07, 6.45) is 5.06. The number of hydrogen-bond donors (Lipinski definition) is 1. The zero-order valence-electron chi connectivity index (χ0n) is 19.9. The molecule has 0 radical (unpaired) electrons. The van der Waals surface area contributed by atoms with Gasteiger partial charge in [0.25, 0.3) is 11.8 Å². The fourth-order valence-electron chi connectivity index (χ4n) is 3.77. The first-order chi connectivity index (χ1) is 17.5. The van der Waals surface area contributed by atoms with Crippen molar-refractivity contribution in [2.75, 3.05) is 17.3 Å². The van der Waals surface area contributed by atoms with Gasteiger partial charge in [0.15, 0.2) is 0 Å². The summed E-state index contributed by atoms with van der Waals surface area (Å²) in [5.74, 6) is -0.903. The first kappa shape index (κ1) is 24.5. The Kier molecular flexibility index (Phi) is 7.65. The Balaban J connectivity index is 1.85. The van der Waals surface area contributed by atoms with Crippen molar-refractivity contribution < 1.29 is 18.7 Å². The Morgan fingerprint density at radius 2 is 1.78 bits per heavy atom. The number of amides is 2. The van der Waals surface area contributed by atoms with Crippen molar-refractivity contribution in [3.63, 3.8) is 0 Å². The van der Waals surface area contributed by atoms with Crippen molar-refractivity contribution >= 4 is 23.2 Å². The Morgan fingerprint density at radius 3 is 2.42 bits per heavy atom. The number of aromatic nitrogens is 2. The SMILES string of the molecule is CCc1ccc(C(C(=O)Nc2ccc(F)cc2)N(C(=O)c2cnccn2)c2cccc(OC)c2)cc1. The fraction of sp³-hybridized carbons (Fsp3) is 0.143. The first-order valence-electron chi connectivity index (χ1n) is 11.4. The van der Waals surface area contributed by atoms with E-state index in [2.05, 4.69) is 15.3 Å². The summed E-state index contributed by atoms with van der Waals surface area (Å²) in [6, 6.07) is 18.7. The molecule has 1 unspecified atom stereocenters. The Hall–Kier alpha value is -4.59. The van der Waals surface area contributed by atoms with Gasteiger partial charge in [0.1, 0.15) is 23.3 Å². The van der Waals surface area contributed by atoms with E-state index >= 15 is 0 Å². The second-order valence-corrected chi connectivity index (χ2v) is 7.96. The van der Waals surface area contributed by atoms with Gasteiger partial charge in [0.05, 0.1) is 13.3 Å². The van der Waals surface area contributed by atoms with Gasteiger partial charge in [0.2, 0.25) is 0 Å². The third kappa shape index (κ3) is 5.55. The van der Waals surface area contributed by atoms with E-state index in [-0.39, 0.29) is 5.69 Å². The molecule has 4 rings (SSSR count). The summed E-state index contributed by atoms with van der Waals surface area (Å²) in [5, 5.41) is 2.81. The lowest BCUT2D eigenvalue weighted by molar-refractivity contribution is -0.117. The standard InChI is InChI=1S/C28H25FN4O3/c1-3-19-7-9-20(10-8-19)26(27(34)32-22-13-11-21(29)12-14-22)33(23-5-4-6-24(17-23)36-2)28(35)25-18-30-15-16-31-25/h4-18,26H,3H2,1-2H3,(H,32,34). The van der Waals surface area contributed by atoms with Crippen molar-refractivity contribution in [2.45, 2.75) is 19.4 Å². The average Bonchev–Trinajstić information content (AvgIpc) is 2.93. The second kappa shape index (κ2) is 11.2. The number of carbonyl (C=O) groups excluding carboxylic acids is 2. The van der Waals surface area contributed by atoms with Crippen LogP contribution in [0.2, 0.25) is 0 Å². The van der Waals surface area contributed by atoms with Gasteiger partial charge in [-0.3, -0.25) is 19.5 Å². The van der Waals surface area contributed by atoms with Crippen LogP contribution in [0.15, 0.2) is 91.4 Å². The number of aryl methyl sites for hydroxylation is 1. The Labute approximate surface area is 208 Å². The summed E-state index contributed by atoms with van der Waals surface area (Å²) in [7, 11) is 1.52. The van der Waals surface area contributed by atoms with Crippen LogP contribution in [0.25, 0.3) is 0 Å². The molecule has 3 aromatic carbocycles. The van der Waals surface area contributed by atoms with Gasteiger partial charge < -0.3 is 10.1 Å². The summed E-state index contributed by atoms with van der Waals surface area (Å²) < 4.78 is 18.8. The largest absolute Gasteiger partial charge is 0.497 e. The average molecular weight is 485 g/mol. The number of nitrogens with one attached hydrogen (secondary N) is 1. The monoisotopic (exact) mass is 484 g/mol. The number of halogens is 1. The van der Waals surface area contributed by atoms with Crippen LogP contribution in [-0.4, -0.2) is 28.9 Å². The maximum absolute atomic E-state index is 13.8. The highest BCUT2D eigenvalue weighted by Crippen LogP contribution is 2.32. The molecule has 36 heavy (non-hydrogen) atoms. The molecule has 1 N–H and O–H groups in total. The molecular formula is C28H25FN4O3. The number of rotatable bonds is 8. The smallest absolute Gasteiger partial charge is 0.279 e. The maximum atomic E-state index is 13.8. The molecule has 7 nitrogen and oxygen atoms in total. The molecule has 4 aromatic rings. The molecule has 2 amide bonds. The summed E-state index contributed by atoms with van der Waals surface area (Å²) in [6.45, 7) is 2.04. The van der Waals surface area contributed by atoms with E-state index in [4.69, 9.17) is 4.74 Å². The van der Waals surface area contributed by atoms with E-state index in [1.165, 1.54) is 54.9 Å². The quantitative estimate of drug-likeness (QED) is 0.371. The Morgan fingerprint density at radius 1 is 1.03 bits per heavy atom. The number of carbonyl (C=O) groups is 2. The predicted molar refractivity (Wildman–Crippen MR) is 135 cm³/mol. The molecule has 0 bridgehead atoms. The maximum Gasteiger partial charge on any atom is 0.279 e. The van der Waals surface area contributed by atoms with E-state index in [1.54, 1.807) is 24.3 Å². The fourth-order valence-corrected chi connectivity index (χ4v) is 3.77. The molecule has 1 aromatic heterocycles.